The van der Waals surface area contributed by atoms with E-state index < -0.39 is 0 Å². The van der Waals surface area contributed by atoms with E-state index in [0.717, 1.165) is 36.1 Å². The topological polar surface area (TPSA) is 46.3 Å². The molecule has 0 amide bonds. The first kappa shape index (κ1) is 15.8. The van der Waals surface area contributed by atoms with Crippen molar-refractivity contribution < 1.29 is 4.79 Å². The molecule has 0 spiro atoms. The molecule has 1 aliphatic rings. The number of anilines is 1. The molecular weight excluding hydrogens is 308 g/mol. The Hall–Kier alpha value is -2.10. The number of halogens is 1. The van der Waals surface area contributed by atoms with Crippen molar-refractivity contribution in [2.45, 2.75) is 12.5 Å². The summed E-state index contributed by atoms with van der Waals surface area (Å²) in [6, 6.07) is 13.4. The van der Waals surface area contributed by atoms with Crippen LogP contribution in [0.15, 0.2) is 48.5 Å². The number of carbonyl (C=O) groups excluding carboxylic acids is 1. The predicted molar refractivity (Wildman–Crippen MR) is 95.7 cm³/mol. The summed E-state index contributed by atoms with van der Waals surface area (Å²) in [4.78, 5) is 13.3. The van der Waals surface area contributed by atoms with Gasteiger partial charge in [0, 0.05) is 28.4 Å². The van der Waals surface area contributed by atoms with E-state index in [4.69, 9.17) is 17.3 Å². The van der Waals surface area contributed by atoms with E-state index in [9.17, 15) is 4.79 Å². The molecule has 1 unspecified atom stereocenters. The van der Waals surface area contributed by atoms with Crippen LogP contribution < -0.4 is 5.73 Å². The summed E-state index contributed by atoms with van der Waals surface area (Å²) < 4.78 is 0. The predicted octanol–water partition coefficient (Wildman–Crippen LogP) is 4.19. The molecule has 4 heteroatoms. The van der Waals surface area contributed by atoms with Crippen LogP contribution in [-0.2, 0) is 0 Å². The van der Waals surface area contributed by atoms with E-state index in [1.54, 1.807) is 6.07 Å². The Kier molecular flexibility index (Phi) is 4.51. The van der Waals surface area contributed by atoms with Crippen molar-refractivity contribution in [3.63, 3.8) is 0 Å². The molecular formula is C19H19ClN2O. The summed E-state index contributed by atoms with van der Waals surface area (Å²) in [5.41, 5.74) is 10.9. The smallest absolute Gasteiger partial charge is 0.150 e. The van der Waals surface area contributed by atoms with Gasteiger partial charge in [0.2, 0.25) is 0 Å². The molecule has 0 saturated carbocycles. The number of hydrogen-bond acceptors (Lipinski definition) is 3. The van der Waals surface area contributed by atoms with Gasteiger partial charge in [0.15, 0.2) is 0 Å². The first-order valence-electron chi connectivity index (χ1n) is 7.60. The van der Waals surface area contributed by atoms with Crippen LogP contribution >= 0.6 is 11.6 Å². The molecule has 3 rings (SSSR count). The molecule has 2 aromatic rings. The second kappa shape index (κ2) is 6.57. The number of likely N-dealkylation sites (N-methyl/N-ethyl adjacent to an activating group) is 1. The third-order valence-corrected chi connectivity index (χ3v) is 4.55. The van der Waals surface area contributed by atoms with Gasteiger partial charge in [0.05, 0.1) is 6.04 Å². The minimum atomic E-state index is 0.122. The second-order valence-corrected chi connectivity index (χ2v) is 6.32. The van der Waals surface area contributed by atoms with Gasteiger partial charge in [-0.2, -0.15) is 0 Å². The molecule has 118 valence electrons. The lowest BCUT2D eigenvalue weighted by Gasteiger charge is -2.32. The fourth-order valence-corrected chi connectivity index (χ4v) is 3.21. The largest absolute Gasteiger partial charge is 0.398 e. The first-order chi connectivity index (χ1) is 11.1. The molecule has 0 radical (unpaired) electrons. The average molecular weight is 327 g/mol. The number of carbonyl (C=O) groups is 1. The normalized spacial score (nSPS) is 18.5. The second-order valence-electron chi connectivity index (χ2n) is 5.89. The summed E-state index contributed by atoms with van der Waals surface area (Å²) >= 11 is 6.13. The SMILES string of the molecule is CN1CCC(c2cc(Cl)ccc2N)=CC1c1cccc(C=O)c1. The fourth-order valence-electron chi connectivity index (χ4n) is 3.04. The van der Waals surface area contributed by atoms with Crippen LogP contribution in [0.25, 0.3) is 5.57 Å². The van der Waals surface area contributed by atoms with Gasteiger partial charge in [-0.25, -0.2) is 0 Å². The first-order valence-corrected chi connectivity index (χ1v) is 7.98. The summed E-state index contributed by atoms with van der Waals surface area (Å²) in [5.74, 6) is 0. The van der Waals surface area contributed by atoms with Gasteiger partial charge in [0.1, 0.15) is 6.29 Å². The molecule has 0 fully saturated rings. The molecule has 3 nitrogen and oxygen atoms in total. The lowest BCUT2D eigenvalue weighted by atomic mass is 9.91. The maximum Gasteiger partial charge on any atom is 0.150 e. The van der Waals surface area contributed by atoms with Crippen molar-refractivity contribution in [1.29, 1.82) is 0 Å². The molecule has 0 saturated heterocycles. The monoisotopic (exact) mass is 326 g/mol. The highest BCUT2D eigenvalue weighted by Gasteiger charge is 2.22. The molecule has 2 N–H and O–H groups in total. The molecule has 0 bridgehead atoms. The molecule has 1 aliphatic heterocycles. The number of nitrogens with zero attached hydrogens (tertiary/aromatic N) is 1. The minimum absolute atomic E-state index is 0.122. The van der Waals surface area contributed by atoms with Crippen LogP contribution in [0.2, 0.25) is 5.02 Å². The lowest BCUT2D eigenvalue weighted by Crippen LogP contribution is -2.28. The van der Waals surface area contributed by atoms with Crippen LogP contribution in [0.4, 0.5) is 5.69 Å². The van der Waals surface area contributed by atoms with E-state index in [1.165, 1.54) is 5.57 Å². The zero-order valence-corrected chi connectivity index (χ0v) is 13.8. The highest BCUT2D eigenvalue weighted by atomic mass is 35.5. The van der Waals surface area contributed by atoms with Gasteiger partial charge in [-0.1, -0.05) is 35.9 Å². The Morgan fingerprint density at radius 3 is 2.87 bits per heavy atom. The van der Waals surface area contributed by atoms with Gasteiger partial charge in [-0.3, -0.25) is 9.69 Å². The zero-order valence-electron chi connectivity index (χ0n) is 13.0. The molecule has 2 aromatic carbocycles. The summed E-state index contributed by atoms with van der Waals surface area (Å²) in [5, 5.41) is 0.688. The maximum atomic E-state index is 11.0. The van der Waals surface area contributed by atoms with Crippen molar-refractivity contribution in [3.05, 3.63) is 70.3 Å². The maximum absolute atomic E-state index is 11.0. The number of rotatable bonds is 3. The Balaban J connectivity index is 2.02. The highest BCUT2D eigenvalue weighted by Crippen LogP contribution is 2.35. The molecule has 0 aromatic heterocycles. The van der Waals surface area contributed by atoms with Gasteiger partial charge in [-0.05, 0) is 48.9 Å². The minimum Gasteiger partial charge on any atom is -0.398 e. The number of nitrogens with two attached hydrogens (primary N) is 1. The molecule has 1 atom stereocenters. The van der Waals surface area contributed by atoms with Crippen LogP contribution in [0.3, 0.4) is 0 Å². The van der Waals surface area contributed by atoms with E-state index in [1.807, 2.05) is 30.3 Å². The fraction of sp³-hybridized carbons (Fsp3) is 0.211. The van der Waals surface area contributed by atoms with Crippen LogP contribution in [-0.4, -0.2) is 24.8 Å². The summed E-state index contributed by atoms with van der Waals surface area (Å²) in [6.07, 6.45) is 4.02. The van der Waals surface area contributed by atoms with E-state index in [0.29, 0.717) is 10.6 Å². The van der Waals surface area contributed by atoms with E-state index >= 15 is 0 Å². The molecule has 23 heavy (non-hydrogen) atoms. The van der Waals surface area contributed by atoms with Crippen molar-refractivity contribution in [2.75, 3.05) is 19.3 Å². The van der Waals surface area contributed by atoms with Crippen molar-refractivity contribution >= 4 is 29.1 Å². The Bertz CT molecular complexity index is 770. The van der Waals surface area contributed by atoms with E-state index in [2.05, 4.69) is 24.1 Å². The van der Waals surface area contributed by atoms with Crippen LogP contribution in [0, 0.1) is 0 Å². The van der Waals surface area contributed by atoms with Gasteiger partial charge >= 0.3 is 0 Å². The zero-order chi connectivity index (χ0) is 16.4. The third-order valence-electron chi connectivity index (χ3n) is 4.32. The van der Waals surface area contributed by atoms with Crippen molar-refractivity contribution in [1.82, 2.24) is 4.90 Å². The van der Waals surface area contributed by atoms with Gasteiger partial charge < -0.3 is 5.73 Å². The molecule has 0 aliphatic carbocycles. The Morgan fingerprint density at radius 2 is 2.09 bits per heavy atom. The third kappa shape index (κ3) is 3.31. The quantitative estimate of drug-likeness (QED) is 0.679. The average Bonchev–Trinajstić information content (AvgIpc) is 2.57. The molecule has 1 heterocycles. The number of nitrogen functional groups attached to an aromatic ring is 1. The summed E-state index contributed by atoms with van der Waals surface area (Å²) in [7, 11) is 2.09. The van der Waals surface area contributed by atoms with Crippen LogP contribution in [0.5, 0.6) is 0 Å². The lowest BCUT2D eigenvalue weighted by molar-refractivity contribution is 0.112. The van der Waals surface area contributed by atoms with Gasteiger partial charge in [0.25, 0.3) is 0 Å². The Morgan fingerprint density at radius 1 is 1.26 bits per heavy atom. The number of benzene rings is 2. The summed E-state index contributed by atoms with van der Waals surface area (Å²) in [6.45, 7) is 0.924. The van der Waals surface area contributed by atoms with Crippen molar-refractivity contribution in [2.24, 2.45) is 0 Å². The highest BCUT2D eigenvalue weighted by molar-refractivity contribution is 6.30. The van der Waals surface area contributed by atoms with Crippen molar-refractivity contribution in [3.8, 4) is 0 Å². The van der Waals surface area contributed by atoms with Gasteiger partial charge in [-0.15, -0.1) is 0 Å². The number of aldehydes is 1. The number of hydrogen-bond donors (Lipinski definition) is 1. The van der Waals surface area contributed by atoms with Crippen LogP contribution in [0.1, 0.15) is 33.9 Å². The Labute approximate surface area is 141 Å². The van der Waals surface area contributed by atoms with E-state index in [-0.39, 0.29) is 6.04 Å². The standard InChI is InChI=1S/C19H19ClN2O/c1-22-8-7-14(17-11-16(20)5-6-18(17)21)10-19(22)15-4-2-3-13(9-15)12-23/h2-6,9-12,19H,7-8,21H2,1H3.